The number of anilines is 1. The number of hydrogen-bond donors (Lipinski definition) is 1. The molecule has 118 valence electrons. The number of rotatable bonds is 5. The summed E-state index contributed by atoms with van der Waals surface area (Å²) in [6.07, 6.45) is 3.15. The summed E-state index contributed by atoms with van der Waals surface area (Å²) in [6, 6.07) is 17.4. The second-order valence-corrected chi connectivity index (χ2v) is 5.10. The number of nitrogens with zero attached hydrogens (tertiary/aromatic N) is 2. The van der Waals surface area contributed by atoms with E-state index in [-0.39, 0.29) is 5.75 Å². The van der Waals surface area contributed by atoms with Crippen LogP contribution in [0.2, 0.25) is 0 Å². The molecule has 5 heteroatoms. The van der Waals surface area contributed by atoms with Crippen molar-refractivity contribution in [1.29, 1.82) is 5.26 Å². The molecule has 0 aliphatic carbocycles. The quantitative estimate of drug-likeness (QED) is 0.752. The van der Waals surface area contributed by atoms with Crippen LogP contribution in [0.15, 0.2) is 67.0 Å². The number of hydrogen-bond acceptors (Lipinski definition) is 4. The van der Waals surface area contributed by atoms with Gasteiger partial charge in [-0.3, -0.25) is 4.98 Å². The first-order valence-electron chi connectivity index (χ1n) is 7.35. The average molecular weight is 319 g/mol. The predicted octanol–water partition coefficient (Wildman–Crippen LogP) is 4.50. The third-order valence-corrected chi connectivity index (χ3v) is 3.37. The van der Waals surface area contributed by atoms with E-state index in [9.17, 15) is 4.39 Å². The average Bonchev–Trinajstić information content (AvgIpc) is 2.63. The van der Waals surface area contributed by atoms with Gasteiger partial charge < -0.3 is 10.1 Å². The molecule has 0 aliphatic heterocycles. The summed E-state index contributed by atoms with van der Waals surface area (Å²) < 4.78 is 19.6. The summed E-state index contributed by atoms with van der Waals surface area (Å²) in [5.41, 5.74) is 2.25. The third-order valence-electron chi connectivity index (χ3n) is 3.37. The van der Waals surface area contributed by atoms with Gasteiger partial charge in [0.1, 0.15) is 5.75 Å². The van der Waals surface area contributed by atoms with Crippen molar-refractivity contribution in [3.63, 3.8) is 0 Å². The van der Waals surface area contributed by atoms with Crippen molar-refractivity contribution in [2.24, 2.45) is 0 Å². The zero-order valence-electron chi connectivity index (χ0n) is 12.7. The maximum atomic E-state index is 14.2. The summed E-state index contributed by atoms with van der Waals surface area (Å²) in [4.78, 5) is 3.93. The molecular formula is C19H14FN3O. The van der Waals surface area contributed by atoms with Crippen molar-refractivity contribution in [3.05, 3.63) is 83.9 Å². The highest BCUT2D eigenvalue weighted by Crippen LogP contribution is 2.24. The van der Waals surface area contributed by atoms with Gasteiger partial charge in [0.2, 0.25) is 0 Å². The zero-order valence-corrected chi connectivity index (χ0v) is 12.7. The van der Waals surface area contributed by atoms with Crippen molar-refractivity contribution in [2.45, 2.75) is 6.54 Å². The van der Waals surface area contributed by atoms with E-state index in [1.807, 2.05) is 12.1 Å². The normalized spacial score (nSPS) is 10.0. The van der Waals surface area contributed by atoms with Crippen LogP contribution >= 0.6 is 0 Å². The Hall–Kier alpha value is -3.39. The molecular weight excluding hydrogens is 305 g/mol. The fourth-order valence-corrected chi connectivity index (χ4v) is 2.14. The Labute approximate surface area is 139 Å². The standard InChI is InChI=1S/C19H14FN3O/c20-18-10-15(12-23-16-6-3-14(11-21)4-7-16)5-8-19(18)24-17-2-1-9-22-13-17/h1-10,13,23H,12H2. The molecule has 1 N–H and O–H groups in total. The van der Waals surface area contributed by atoms with Gasteiger partial charge in [-0.05, 0) is 54.1 Å². The molecule has 1 heterocycles. The monoisotopic (exact) mass is 319 g/mol. The maximum Gasteiger partial charge on any atom is 0.166 e. The summed E-state index contributed by atoms with van der Waals surface area (Å²) in [6.45, 7) is 0.468. The molecule has 0 saturated heterocycles. The Morgan fingerprint density at radius 1 is 1.12 bits per heavy atom. The topological polar surface area (TPSA) is 57.9 Å². The third kappa shape index (κ3) is 3.87. The number of halogens is 1. The molecule has 0 aliphatic rings. The van der Waals surface area contributed by atoms with E-state index in [0.29, 0.717) is 17.9 Å². The lowest BCUT2D eigenvalue weighted by Gasteiger charge is -2.09. The molecule has 0 atom stereocenters. The minimum Gasteiger partial charge on any atom is -0.453 e. The Kier molecular flexibility index (Phi) is 4.68. The van der Waals surface area contributed by atoms with Crippen LogP contribution in [0, 0.1) is 17.1 Å². The largest absolute Gasteiger partial charge is 0.453 e. The molecule has 0 fully saturated rings. The van der Waals surface area contributed by atoms with E-state index < -0.39 is 5.82 Å². The number of nitrogens with one attached hydrogen (secondary N) is 1. The molecule has 1 aromatic heterocycles. The van der Waals surface area contributed by atoms with E-state index in [0.717, 1.165) is 11.3 Å². The van der Waals surface area contributed by atoms with Crippen LogP contribution < -0.4 is 10.1 Å². The smallest absolute Gasteiger partial charge is 0.166 e. The van der Waals surface area contributed by atoms with Crippen molar-refractivity contribution in [3.8, 4) is 17.6 Å². The highest BCUT2D eigenvalue weighted by Gasteiger charge is 2.06. The SMILES string of the molecule is N#Cc1ccc(NCc2ccc(Oc3cccnc3)c(F)c2)cc1. The van der Waals surface area contributed by atoms with Gasteiger partial charge >= 0.3 is 0 Å². The van der Waals surface area contributed by atoms with Crippen LogP contribution in [0.3, 0.4) is 0 Å². The van der Waals surface area contributed by atoms with Crippen LogP contribution in [-0.2, 0) is 6.54 Å². The zero-order chi connectivity index (χ0) is 16.8. The summed E-state index contributed by atoms with van der Waals surface area (Å²) in [7, 11) is 0. The minimum absolute atomic E-state index is 0.158. The molecule has 4 nitrogen and oxygen atoms in total. The van der Waals surface area contributed by atoms with Gasteiger partial charge in [0.25, 0.3) is 0 Å². The number of ether oxygens (including phenoxy) is 1. The fourth-order valence-electron chi connectivity index (χ4n) is 2.14. The molecule has 0 amide bonds. The number of benzene rings is 2. The second-order valence-electron chi connectivity index (χ2n) is 5.10. The minimum atomic E-state index is -0.432. The Morgan fingerprint density at radius 3 is 2.62 bits per heavy atom. The van der Waals surface area contributed by atoms with Gasteiger partial charge in [0.15, 0.2) is 11.6 Å². The Morgan fingerprint density at radius 2 is 1.96 bits per heavy atom. The van der Waals surface area contributed by atoms with Crippen LogP contribution in [0.4, 0.5) is 10.1 Å². The molecule has 3 aromatic rings. The lowest BCUT2D eigenvalue weighted by molar-refractivity contribution is 0.440. The van der Waals surface area contributed by atoms with E-state index in [4.69, 9.17) is 10.00 Å². The first-order valence-corrected chi connectivity index (χ1v) is 7.35. The number of nitriles is 1. The van der Waals surface area contributed by atoms with E-state index in [1.54, 1.807) is 42.6 Å². The first kappa shape index (κ1) is 15.5. The number of pyridine rings is 1. The molecule has 3 rings (SSSR count). The van der Waals surface area contributed by atoms with Gasteiger partial charge in [-0.25, -0.2) is 4.39 Å². The van der Waals surface area contributed by atoms with Crippen LogP contribution in [0.1, 0.15) is 11.1 Å². The predicted molar refractivity (Wildman–Crippen MR) is 89.2 cm³/mol. The highest BCUT2D eigenvalue weighted by atomic mass is 19.1. The Bertz CT molecular complexity index is 858. The molecule has 0 saturated carbocycles. The molecule has 0 bridgehead atoms. The van der Waals surface area contributed by atoms with Crippen LogP contribution in [0.5, 0.6) is 11.5 Å². The van der Waals surface area contributed by atoms with Crippen LogP contribution in [0.25, 0.3) is 0 Å². The summed E-state index contributed by atoms with van der Waals surface area (Å²) >= 11 is 0. The second kappa shape index (κ2) is 7.25. The lowest BCUT2D eigenvalue weighted by Crippen LogP contribution is -2.00. The van der Waals surface area contributed by atoms with Gasteiger partial charge in [-0.15, -0.1) is 0 Å². The summed E-state index contributed by atoms with van der Waals surface area (Å²) in [5.74, 6) is 0.211. The molecule has 0 spiro atoms. The first-order chi connectivity index (χ1) is 11.7. The molecule has 24 heavy (non-hydrogen) atoms. The Balaban J connectivity index is 1.65. The van der Waals surface area contributed by atoms with Crippen molar-refractivity contribution >= 4 is 5.69 Å². The van der Waals surface area contributed by atoms with E-state index in [2.05, 4.69) is 16.4 Å². The van der Waals surface area contributed by atoms with Gasteiger partial charge in [0, 0.05) is 18.4 Å². The van der Waals surface area contributed by atoms with Crippen LogP contribution in [-0.4, -0.2) is 4.98 Å². The molecule has 0 radical (unpaired) electrons. The van der Waals surface area contributed by atoms with Crippen molar-refractivity contribution < 1.29 is 9.13 Å². The maximum absolute atomic E-state index is 14.2. The number of aromatic nitrogens is 1. The summed E-state index contributed by atoms with van der Waals surface area (Å²) in [5, 5.41) is 12.0. The van der Waals surface area contributed by atoms with Crippen molar-refractivity contribution in [1.82, 2.24) is 4.98 Å². The van der Waals surface area contributed by atoms with Gasteiger partial charge in [-0.2, -0.15) is 5.26 Å². The van der Waals surface area contributed by atoms with Gasteiger partial charge in [0.05, 0.1) is 17.8 Å². The van der Waals surface area contributed by atoms with E-state index >= 15 is 0 Å². The van der Waals surface area contributed by atoms with Crippen molar-refractivity contribution in [2.75, 3.05) is 5.32 Å². The van der Waals surface area contributed by atoms with Gasteiger partial charge in [-0.1, -0.05) is 6.07 Å². The fraction of sp³-hybridized carbons (Fsp3) is 0.0526. The van der Waals surface area contributed by atoms with E-state index in [1.165, 1.54) is 12.3 Å². The highest BCUT2D eigenvalue weighted by molar-refractivity contribution is 5.47. The molecule has 0 unspecified atom stereocenters. The molecule has 2 aromatic carbocycles. The lowest BCUT2D eigenvalue weighted by atomic mass is 10.2.